The van der Waals surface area contributed by atoms with E-state index in [2.05, 4.69) is 27.8 Å². The van der Waals surface area contributed by atoms with Gasteiger partial charge in [0.15, 0.2) is 0 Å². The fourth-order valence-corrected chi connectivity index (χ4v) is 3.09. The molecule has 100 valence electrons. The zero-order chi connectivity index (χ0) is 13.1. The first kappa shape index (κ1) is 14.0. The van der Waals surface area contributed by atoms with Gasteiger partial charge in [-0.05, 0) is 52.5 Å². The number of nitrogens with two attached hydrogens (primary N) is 1. The van der Waals surface area contributed by atoms with Gasteiger partial charge in [0.05, 0.1) is 4.47 Å². The van der Waals surface area contributed by atoms with Crippen molar-refractivity contribution in [3.05, 3.63) is 34.1 Å². The van der Waals surface area contributed by atoms with Gasteiger partial charge in [-0.3, -0.25) is 4.90 Å². The van der Waals surface area contributed by atoms with E-state index in [-0.39, 0.29) is 11.9 Å². The molecule has 0 spiro atoms. The second-order valence-electron chi connectivity index (χ2n) is 4.98. The van der Waals surface area contributed by atoms with Crippen molar-refractivity contribution in [2.75, 3.05) is 19.6 Å². The van der Waals surface area contributed by atoms with Crippen LogP contribution in [0, 0.1) is 11.7 Å². The van der Waals surface area contributed by atoms with Crippen LogP contribution in [0.3, 0.4) is 0 Å². The lowest BCUT2D eigenvalue weighted by molar-refractivity contribution is 0.240. The van der Waals surface area contributed by atoms with Crippen LogP contribution in [0.1, 0.15) is 31.4 Å². The molecule has 2 N–H and O–H groups in total. The molecule has 2 unspecified atom stereocenters. The first-order valence-corrected chi connectivity index (χ1v) is 7.34. The van der Waals surface area contributed by atoms with Crippen LogP contribution >= 0.6 is 15.9 Å². The maximum Gasteiger partial charge on any atom is 0.137 e. The minimum atomic E-state index is -0.220. The molecule has 1 aromatic carbocycles. The fraction of sp³-hybridized carbons (Fsp3) is 0.571. The number of rotatable bonds is 4. The first-order valence-electron chi connectivity index (χ1n) is 6.54. The molecule has 0 radical (unpaired) electrons. The summed E-state index contributed by atoms with van der Waals surface area (Å²) in [5.74, 6) is 0.560. The van der Waals surface area contributed by atoms with Gasteiger partial charge in [-0.2, -0.15) is 0 Å². The van der Waals surface area contributed by atoms with Crippen LogP contribution in [0.25, 0.3) is 0 Å². The third kappa shape index (κ3) is 2.92. The summed E-state index contributed by atoms with van der Waals surface area (Å²) in [6, 6.07) is 5.41. The Morgan fingerprint density at radius 3 is 2.89 bits per heavy atom. The summed E-state index contributed by atoms with van der Waals surface area (Å²) in [5, 5.41) is 0. The molecule has 1 aliphatic heterocycles. The molecule has 0 saturated carbocycles. The van der Waals surface area contributed by atoms with E-state index in [0.717, 1.165) is 24.6 Å². The molecule has 0 amide bonds. The third-order valence-corrected chi connectivity index (χ3v) is 4.49. The number of hydrogen-bond donors (Lipinski definition) is 1. The Hall–Kier alpha value is -0.450. The molecule has 2 atom stereocenters. The van der Waals surface area contributed by atoms with Crippen molar-refractivity contribution in [1.29, 1.82) is 0 Å². The molecule has 4 heteroatoms. The maximum absolute atomic E-state index is 13.3. The molecule has 0 aromatic heterocycles. The molecule has 1 fully saturated rings. The van der Waals surface area contributed by atoms with Crippen LogP contribution in [0.5, 0.6) is 0 Å². The Morgan fingerprint density at radius 1 is 1.56 bits per heavy atom. The van der Waals surface area contributed by atoms with Crippen molar-refractivity contribution in [2.24, 2.45) is 11.7 Å². The zero-order valence-corrected chi connectivity index (χ0v) is 12.3. The Bertz CT molecular complexity index is 411. The van der Waals surface area contributed by atoms with Crippen LogP contribution in [-0.4, -0.2) is 24.5 Å². The van der Waals surface area contributed by atoms with Crippen molar-refractivity contribution in [3.8, 4) is 0 Å². The topological polar surface area (TPSA) is 29.3 Å². The molecule has 2 rings (SSSR count). The van der Waals surface area contributed by atoms with Gasteiger partial charge in [-0.15, -0.1) is 0 Å². The van der Waals surface area contributed by atoms with Crippen LogP contribution in [0.15, 0.2) is 22.7 Å². The molecule has 1 aliphatic rings. The zero-order valence-electron chi connectivity index (χ0n) is 10.7. The van der Waals surface area contributed by atoms with Crippen LogP contribution in [0.2, 0.25) is 0 Å². The number of likely N-dealkylation sites (tertiary alicyclic amines) is 1. The Morgan fingerprint density at radius 2 is 2.33 bits per heavy atom. The predicted molar refractivity (Wildman–Crippen MR) is 75.9 cm³/mol. The van der Waals surface area contributed by atoms with E-state index < -0.39 is 0 Å². The summed E-state index contributed by atoms with van der Waals surface area (Å²) in [7, 11) is 0. The van der Waals surface area contributed by atoms with Crippen molar-refractivity contribution < 1.29 is 4.39 Å². The number of halogens is 2. The molecule has 0 bridgehead atoms. The second-order valence-corrected chi connectivity index (χ2v) is 5.84. The molecule has 1 heterocycles. The Balaban J connectivity index is 2.15. The Labute approximate surface area is 116 Å². The van der Waals surface area contributed by atoms with E-state index in [4.69, 9.17) is 5.73 Å². The van der Waals surface area contributed by atoms with E-state index in [9.17, 15) is 4.39 Å². The van der Waals surface area contributed by atoms with Crippen molar-refractivity contribution in [2.45, 2.75) is 25.8 Å². The van der Waals surface area contributed by atoms with E-state index >= 15 is 0 Å². The molecule has 1 aromatic rings. The molecular formula is C14H20BrFN2. The minimum Gasteiger partial charge on any atom is -0.329 e. The lowest BCUT2D eigenvalue weighted by Gasteiger charge is -2.27. The standard InChI is InChI=1S/C14H20BrFN2/c1-2-10-5-6-18(9-10)14(8-17)11-3-4-13(16)12(15)7-11/h3-4,7,10,14H,2,5-6,8-9,17H2,1H3. The van der Waals surface area contributed by atoms with Crippen LogP contribution < -0.4 is 5.73 Å². The summed E-state index contributed by atoms with van der Waals surface area (Å²) < 4.78 is 13.8. The second kappa shape index (κ2) is 6.13. The molecule has 0 aliphatic carbocycles. The molecule has 2 nitrogen and oxygen atoms in total. The summed E-state index contributed by atoms with van der Waals surface area (Å²) in [4.78, 5) is 2.42. The van der Waals surface area contributed by atoms with Gasteiger partial charge < -0.3 is 5.73 Å². The smallest absolute Gasteiger partial charge is 0.137 e. The molecule has 1 saturated heterocycles. The highest BCUT2D eigenvalue weighted by Gasteiger charge is 2.27. The quantitative estimate of drug-likeness (QED) is 0.923. The van der Waals surface area contributed by atoms with Gasteiger partial charge >= 0.3 is 0 Å². The van der Waals surface area contributed by atoms with Crippen molar-refractivity contribution in [3.63, 3.8) is 0 Å². The average molecular weight is 315 g/mol. The van der Waals surface area contributed by atoms with Crippen molar-refractivity contribution in [1.82, 2.24) is 4.90 Å². The van der Waals surface area contributed by atoms with E-state index in [0.29, 0.717) is 11.0 Å². The van der Waals surface area contributed by atoms with Crippen LogP contribution in [-0.2, 0) is 0 Å². The van der Waals surface area contributed by atoms with Gasteiger partial charge in [0.1, 0.15) is 5.82 Å². The Kier molecular flexibility index (Phi) is 4.76. The van der Waals surface area contributed by atoms with E-state index in [1.54, 1.807) is 0 Å². The van der Waals surface area contributed by atoms with Crippen LogP contribution in [0.4, 0.5) is 4.39 Å². The maximum atomic E-state index is 13.3. The first-order chi connectivity index (χ1) is 8.65. The van der Waals surface area contributed by atoms with E-state index in [1.165, 1.54) is 18.9 Å². The molecular weight excluding hydrogens is 295 g/mol. The summed E-state index contributed by atoms with van der Waals surface area (Å²) in [6.45, 7) is 5.01. The summed E-state index contributed by atoms with van der Waals surface area (Å²) >= 11 is 3.24. The monoisotopic (exact) mass is 314 g/mol. The lowest BCUT2D eigenvalue weighted by atomic mass is 10.0. The van der Waals surface area contributed by atoms with E-state index in [1.807, 2.05) is 12.1 Å². The van der Waals surface area contributed by atoms with Gasteiger partial charge in [-0.1, -0.05) is 19.4 Å². The summed E-state index contributed by atoms with van der Waals surface area (Å²) in [5.41, 5.74) is 7.01. The van der Waals surface area contributed by atoms with Gasteiger partial charge in [0.2, 0.25) is 0 Å². The van der Waals surface area contributed by atoms with Gasteiger partial charge in [-0.25, -0.2) is 4.39 Å². The fourth-order valence-electron chi connectivity index (χ4n) is 2.69. The van der Waals surface area contributed by atoms with Gasteiger partial charge in [0.25, 0.3) is 0 Å². The average Bonchev–Trinajstić information content (AvgIpc) is 2.83. The highest BCUT2D eigenvalue weighted by molar-refractivity contribution is 9.10. The third-order valence-electron chi connectivity index (χ3n) is 3.89. The largest absolute Gasteiger partial charge is 0.329 e. The van der Waals surface area contributed by atoms with Gasteiger partial charge in [0, 0.05) is 19.1 Å². The number of nitrogens with zero attached hydrogens (tertiary/aromatic N) is 1. The number of benzene rings is 1. The minimum absolute atomic E-state index is 0.207. The van der Waals surface area contributed by atoms with Crippen molar-refractivity contribution >= 4 is 15.9 Å². The normalized spacial score (nSPS) is 22.3. The number of hydrogen-bond acceptors (Lipinski definition) is 2. The SMILES string of the molecule is CCC1CCN(C(CN)c2ccc(F)c(Br)c2)C1. The summed E-state index contributed by atoms with van der Waals surface area (Å²) in [6.07, 6.45) is 2.47. The molecule has 18 heavy (non-hydrogen) atoms. The highest BCUT2D eigenvalue weighted by Crippen LogP contribution is 2.30. The predicted octanol–water partition coefficient (Wildman–Crippen LogP) is 3.32. The lowest BCUT2D eigenvalue weighted by Crippen LogP contribution is -2.32. The highest BCUT2D eigenvalue weighted by atomic mass is 79.9.